The minimum atomic E-state index is 0.372. The Labute approximate surface area is 107 Å². The fourth-order valence-corrected chi connectivity index (χ4v) is 2.25. The summed E-state index contributed by atoms with van der Waals surface area (Å²) in [7, 11) is 0. The number of halogens is 2. The number of nitrogens with zero attached hydrogens (tertiary/aromatic N) is 2. The van der Waals surface area contributed by atoms with Gasteiger partial charge in [-0.25, -0.2) is 9.97 Å². The molecule has 0 aliphatic carbocycles. The van der Waals surface area contributed by atoms with Crippen LogP contribution in [-0.4, -0.2) is 9.97 Å². The summed E-state index contributed by atoms with van der Waals surface area (Å²) in [5.74, 6) is 0. The van der Waals surface area contributed by atoms with Crippen LogP contribution in [0.4, 0.5) is 5.69 Å². The van der Waals surface area contributed by atoms with Crippen LogP contribution in [0.1, 0.15) is 0 Å². The first-order valence-electron chi connectivity index (χ1n) is 4.36. The first-order valence-corrected chi connectivity index (χ1v) is 5.93. The molecule has 0 unspecified atom stereocenters. The zero-order chi connectivity index (χ0) is 11.5. The zero-order valence-electron chi connectivity index (χ0n) is 8.02. The van der Waals surface area contributed by atoms with E-state index < -0.39 is 0 Å². The van der Waals surface area contributed by atoms with Crippen LogP contribution < -0.4 is 5.73 Å². The standard InChI is InChI=1S/C10H7Cl2N3S/c11-6-1-2-9(14-5-6)16-10-4-7(13)3-8(12)15-10/h1-5H,(H2,13,15). The molecule has 0 fully saturated rings. The van der Waals surface area contributed by atoms with E-state index in [9.17, 15) is 0 Å². The van der Waals surface area contributed by atoms with Gasteiger partial charge >= 0.3 is 0 Å². The molecule has 2 heterocycles. The summed E-state index contributed by atoms with van der Waals surface area (Å²) in [6.07, 6.45) is 1.58. The molecule has 2 rings (SSSR count). The number of hydrogen-bond acceptors (Lipinski definition) is 4. The second kappa shape index (κ2) is 4.91. The highest BCUT2D eigenvalue weighted by Crippen LogP contribution is 2.27. The van der Waals surface area contributed by atoms with Crippen molar-refractivity contribution in [3.8, 4) is 0 Å². The molecule has 82 valence electrons. The van der Waals surface area contributed by atoms with Gasteiger partial charge in [-0.2, -0.15) is 0 Å². The van der Waals surface area contributed by atoms with Gasteiger partial charge < -0.3 is 5.73 Å². The Morgan fingerprint density at radius 1 is 1.12 bits per heavy atom. The zero-order valence-corrected chi connectivity index (χ0v) is 10.4. The molecule has 0 aliphatic rings. The lowest BCUT2D eigenvalue weighted by Crippen LogP contribution is -1.89. The summed E-state index contributed by atoms with van der Waals surface area (Å²) >= 11 is 12.9. The second-order valence-corrected chi connectivity index (χ2v) is 4.84. The average molecular weight is 272 g/mol. The van der Waals surface area contributed by atoms with Crippen molar-refractivity contribution in [1.29, 1.82) is 0 Å². The van der Waals surface area contributed by atoms with E-state index in [4.69, 9.17) is 28.9 Å². The SMILES string of the molecule is Nc1cc(Cl)nc(Sc2ccc(Cl)cn2)c1. The van der Waals surface area contributed by atoms with Crippen LogP contribution >= 0.6 is 35.0 Å². The summed E-state index contributed by atoms with van der Waals surface area (Å²) in [5, 5.41) is 2.47. The summed E-state index contributed by atoms with van der Waals surface area (Å²) in [5.41, 5.74) is 6.24. The summed E-state index contributed by atoms with van der Waals surface area (Å²) in [4.78, 5) is 8.27. The van der Waals surface area contributed by atoms with Crippen LogP contribution in [0.3, 0.4) is 0 Å². The molecular weight excluding hydrogens is 265 g/mol. The largest absolute Gasteiger partial charge is 0.399 e. The number of rotatable bonds is 2. The number of hydrogen-bond donors (Lipinski definition) is 1. The minimum absolute atomic E-state index is 0.372. The van der Waals surface area contributed by atoms with E-state index in [1.807, 2.05) is 6.07 Å². The molecule has 0 bridgehead atoms. The number of nitrogens with two attached hydrogens (primary N) is 1. The van der Waals surface area contributed by atoms with Crippen LogP contribution in [0.5, 0.6) is 0 Å². The highest BCUT2D eigenvalue weighted by molar-refractivity contribution is 7.99. The minimum Gasteiger partial charge on any atom is -0.399 e. The second-order valence-electron chi connectivity index (χ2n) is 2.98. The van der Waals surface area contributed by atoms with Gasteiger partial charge in [0.1, 0.15) is 15.2 Å². The molecule has 2 N–H and O–H groups in total. The summed E-state index contributed by atoms with van der Waals surface area (Å²) in [6, 6.07) is 6.92. The third-order valence-corrected chi connectivity index (χ3v) is 2.99. The van der Waals surface area contributed by atoms with E-state index in [2.05, 4.69) is 9.97 Å². The third-order valence-electron chi connectivity index (χ3n) is 1.70. The quantitative estimate of drug-likeness (QED) is 0.850. The molecule has 3 nitrogen and oxygen atoms in total. The van der Waals surface area contributed by atoms with E-state index in [-0.39, 0.29) is 0 Å². The molecule has 0 aliphatic heterocycles. The van der Waals surface area contributed by atoms with Crippen molar-refractivity contribution in [3.05, 3.63) is 40.6 Å². The Bertz CT molecular complexity index is 482. The first-order chi connectivity index (χ1) is 7.63. The molecule has 0 saturated carbocycles. The van der Waals surface area contributed by atoms with Crippen LogP contribution in [0, 0.1) is 0 Å². The highest BCUT2D eigenvalue weighted by Gasteiger charge is 2.03. The van der Waals surface area contributed by atoms with E-state index in [0.717, 1.165) is 5.03 Å². The summed E-state index contributed by atoms with van der Waals surface area (Å²) in [6.45, 7) is 0. The molecule has 0 radical (unpaired) electrons. The monoisotopic (exact) mass is 271 g/mol. The van der Waals surface area contributed by atoms with Crippen molar-refractivity contribution in [3.63, 3.8) is 0 Å². The van der Waals surface area contributed by atoms with Gasteiger partial charge in [0.05, 0.1) is 5.02 Å². The van der Waals surface area contributed by atoms with Gasteiger partial charge in [0.25, 0.3) is 0 Å². The van der Waals surface area contributed by atoms with Gasteiger partial charge in [0.15, 0.2) is 0 Å². The van der Waals surface area contributed by atoms with Gasteiger partial charge in [-0.1, -0.05) is 23.2 Å². The van der Waals surface area contributed by atoms with Crippen LogP contribution in [0.2, 0.25) is 10.2 Å². The lowest BCUT2D eigenvalue weighted by atomic mass is 10.4. The summed E-state index contributed by atoms with van der Waals surface area (Å²) < 4.78 is 0. The molecule has 2 aromatic heterocycles. The number of nitrogen functional groups attached to an aromatic ring is 1. The van der Waals surface area contributed by atoms with Crippen molar-refractivity contribution in [2.45, 2.75) is 10.1 Å². The number of pyridine rings is 2. The maximum Gasteiger partial charge on any atom is 0.132 e. The van der Waals surface area contributed by atoms with Gasteiger partial charge in [0.2, 0.25) is 0 Å². The molecule has 6 heteroatoms. The maximum atomic E-state index is 5.80. The van der Waals surface area contributed by atoms with Crippen molar-refractivity contribution >= 4 is 40.7 Å². The van der Waals surface area contributed by atoms with Crippen LogP contribution in [-0.2, 0) is 0 Å². The normalized spacial score (nSPS) is 10.4. The maximum absolute atomic E-state index is 5.80. The first kappa shape index (κ1) is 11.5. The number of anilines is 1. The third kappa shape index (κ3) is 3.01. The van der Waals surface area contributed by atoms with E-state index >= 15 is 0 Å². The van der Waals surface area contributed by atoms with Crippen molar-refractivity contribution < 1.29 is 0 Å². The predicted octanol–water partition coefficient (Wildman–Crippen LogP) is 3.52. The van der Waals surface area contributed by atoms with Crippen molar-refractivity contribution in [1.82, 2.24) is 9.97 Å². The van der Waals surface area contributed by atoms with E-state index in [1.54, 1.807) is 24.4 Å². The molecular formula is C10H7Cl2N3S. The lowest BCUT2D eigenvalue weighted by molar-refractivity contribution is 1.09. The van der Waals surface area contributed by atoms with E-state index in [0.29, 0.717) is 20.9 Å². The molecule has 2 aromatic rings. The average Bonchev–Trinajstić information content (AvgIpc) is 2.20. The Morgan fingerprint density at radius 3 is 2.56 bits per heavy atom. The fourth-order valence-electron chi connectivity index (χ4n) is 1.07. The molecule has 0 aromatic carbocycles. The van der Waals surface area contributed by atoms with Gasteiger partial charge in [-0.15, -0.1) is 0 Å². The molecule has 0 saturated heterocycles. The fraction of sp³-hybridized carbons (Fsp3) is 0. The molecule has 0 spiro atoms. The Morgan fingerprint density at radius 2 is 1.94 bits per heavy atom. The predicted molar refractivity (Wildman–Crippen MR) is 67.0 cm³/mol. The van der Waals surface area contributed by atoms with Crippen molar-refractivity contribution in [2.75, 3.05) is 5.73 Å². The molecule has 0 atom stereocenters. The molecule has 0 amide bonds. The van der Waals surface area contributed by atoms with Gasteiger partial charge in [0, 0.05) is 11.9 Å². The molecule has 16 heavy (non-hydrogen) atoms. The van der Waals surface area contributed by atoms with E-state index in [1.165, 1.54) is 11.8 Å². The Kier molecular flexibility index (Phi) is 3.53. The lowest BCUT2D eigenvalue weighted by Gasteiger charge is -2.02. The van der Waals surface area contributed by atoms with Crippen LogP contribution in [0.15, 0.2) is 40.5 Å². The smallest absolute Gasteiger partial charge is 0.132 e. The number of aromatic nitrogens is 2. The Hall–Kier alpha value is -0.970. The Balaban J connectivity index is 2.23. The van der Waals surface area contributed by atoms with Crippen LogP contribution in [0.25, 0.3) is 0 Å². The highest BCUT2D eigenvalue weighted by atomic mass is 35.5. The van der Waals surface area contributed by atoms with Crippen molar-refractivity contribution in [2.24, 2.45) is 0 Å². The van der Waals surface area contributed by atoms with Gasteiger partial charge in [-0.05, 0) is 36.0 Å². The topological polar surface area (TPSA) is 51.8 Å². The van der Waals surface area contributed by atoms with Gasteiger partial charge in [-0.3, -0.25) is 0 Å².